The molecule has 2 aliphatic rings. The van der Waals surface area contributed by atoms with E-state index in [1.165, 1.54) is 4.90 Å². The Kier molecular flexibility index (Phi) is 7.10. The van der Waals surface area contributed by atoms with Crippen molar-refractivity contribution in [2.45, 2.75) is 37.9 Å². The highest BCUT2D eigenvalue weighted by Gasteiger charge is 2.43. The number of nitrogens with zero attached hydrogens (tertiary/aromatic N) is 1. The van der Waals surface area contributed by atoms with Gasteiger partial charge in [-0.1, -0.05) is 0 Å². The van der Waals surface area contributed by atoms with Crippen LogP contribution in [0.25, 0.3) is 0 Å². The lowest BCUT2D eigenvalue weighted by molar-refractivity contribution is -0.184. The summed E-state index contributed by atoms with van der Waals surface area (Å²) in [4.78, 5) is 13.3. The van der Waals surface area contributed by atoms with E-state index < -0.39 is 12.2 Å². The van der Waals surface area contributed by atoms with E-state index in [-0.39, 0.29) is 12.5 Å². The number of carbonyl (C=O) groups excluding carboxylic acids is 1. The normalized spacial score (nSPS) is 22.7. The summed E-state index contributed by atoms with van der Waals surface area (Å²) < 4.78 is 39.6. The molecule has 23 heavy (non-hydrogen) atoms. The van der Waals surface area contributed by atoms with Gasteiger partial charge in [0.05, 0.1) is 0 Å². The molecule has 2 fully saturated rings. The zero-order valence-corrected chi connectivity index (χ0v) is 13.4. The van der Waals surface area contributed by atoms with Gasteiger partial charge in [0, 0.05) is 39.1 Å². The van der Waals surface area contributed by atoms with Crippen LogP contribution in [-0.4, -0.2) is 68.8 Å². The average molecular weight is 336 g/mol. The van der Waals surface area contributed by atoms with Crippen molar-refractivity contribution in [2.75, 3.05) is 45.8 Å². The van der Waals surface area contributed by atoms with E-state index >= 15 is 0 Å². The van der Waals surface area contributed by atoms with Crippen LogP contribution in [0.2, 0.25) is 0 Å². The van der Waals surface area contributed by atoms with Crippen molar-refractivity contribution in [3.05, 3.63) is 0 Å². The van der Waals surface area contributed by atoms with Gasteiger partial charge in [-0.05, 0) is 38.3 Å². The first kappa shape index (κ1) is 18.5. The van der Waals surface area contributed by atoms with E-state index in [0.29, 0.717) is 38.5 Å². The predicted molar refractivity (Wildman–Crippen MR) is 82.1 cm³/mol. The van der Waals surface area contributed by atoms with Crippen LogP contribution in [0.5, 0.6) is 0 Å². The van der Waals surface area contributed by atoms with Crippen molar-refractivity contribution in [2.24, 2.45) is 5.92 Å². The standard InChI is InChI=1S/C15H27F3N4O/c16-15(17,18)13(22-9-7-20-8-10-22)11-21-14(23)2-1-12-3-5-19-6-4-12/h12-13,19-20H,1-11H2,(H,21,23). The van der Waals surface area contributed by atoms with Crippen molar-refractivity contribution in [1.29, 1.82) is 0 Å². The van der Waals surface area contributed by atoms with E-state index in [1.807, 2.05) is 0 Å². The van der Waals surface area contributed by atoms with Gasteiger partial charge in [0.2, 0.25) is 5.91 Å². The number of hydrogen-bond acceptors (Lipinski definition) is 4. The summed E-state index contributed by atoms with van der Waals surface area (Å²) in [6, 6.07) is -1.59. The maximum Gasteiger partial charge on any atom is 0.405 e. The summed E-state index contributed by atoms with van der Waals surface area (Å²) >= 11 is 0. The van der Waals surface area contributed by atoms with E-state index in [1.54, 1.807) is 0 Å². The Bertz CT molecular complexity index is 366. The molecule has 1 unspecified atom stereocenters. The van der Waals surface area contributed by atoms with Crippen LogP contribution in [0, 0.1) is 5.92 Å². The fraction of sp³-hybridized carbons (Fsp3) is 0.933. The average Bonchev–Trinajstić information content (AvgIpc) is 2.54. The highest BCUT2D eigenvalue weighted by Crippen LogP contribution is 2.25. The fourth-order valence-corrected chi connectivity index (χ4v) is 3.25. The molecule has 8 heteroatoms. The third kappa shape index (κ3) is 6.27. The number of nitrogens with one attached hydrogen (secondary N) is 3. The number of carbonyl (C=O) groups is 1. The minimum atomic E-state index is -4.32. The monoisotopic (exact) mass is 336 g/mol. The Morgan fingerprint density at radius 3 is 2.35 bits per heavy atom. The Balaban J connectivity index is 1.74. The van der Waals surface area contributed by atoms with Crippen LogP contribution in [0.3, 0.4) is 0 Å². The number of amides is 1. The zero-order valence-electron chi connectivity index (χ0n) is 13.4. The highest BCUT2D eigenvalue weighted by atomic mass is 19.4. The minimum Gasteiger partial charge on any atom is -0.354 e. The Hall–Kier alpha value is -0.860. The number of hydrogen-bond donors (Lipinski definition) is 3. The van der Waals surface area contributed by atoms with Gasteiger partial charge < -0.3 is 16.0 Å². The van der Waals surface area contributed by atoms with Gasteiger partial charge in [-0.25, -0.2) is 0 Å². The van der Waals surface area contributed by atoms with Crippen LogP contribution < -0.4 is 16.0 Å². The second kappa shape index (κ2) is 8.84. The summed E-state index contributed by atoms with van der Waals surface area (Å²) in [6.07, 6.45) is -1.16. The van der Waals surface area contributed by atoms with Crippen LogP contribution >= 0.6 is 0 Å². The molecule has 2 saturated heterocycles. The van der Waals surface area contributed by atoms with Crippen LogP contribution in [0.1, 0.15) is 25.7 Å². The number of rotatable bonds is 6. The number of halogens is 3. The molecule has 5 nitrogen and oxygen atoms in total. The lowest BCUT2D eigenvalue weighted by Gasteiger charge is -2.36. The number of piperazine rings is 1. The second-order valence-electron chi connectivity index (χ2n) is 6.38. The van der Waals surface area contributed by atoms with Gasteiger partial charge in [-0.15, -0.1) is 0 Å². The van der Waals surface area contributed by atoms with Crippen LogP contribution in [-0.2, 0) is 4.79 Å². The van der Waals surface area contributed by atoms with E-state index in [9.17, 15) is 18.0 Å². The SMILES string of the molecule is O=C(CCC1CCNCC1)NCC(N1CCNCC1)C(F)(F)F. The largest absolute Gasteiger partial charge is 0.405 e. The van der Waals surface area contributed by atoms with Gasteiger partial charge in [-0.3, -0.25) is 9.69 Å². The maximum atomic E-state index is 13.2. The molecule has 2 heterocycles. The summed E-state index contributed by atoms with van der Waals surface area (Å²) in [6.45, 7) is 3.39. The molecule has 0 spiro atoms. The molecule has 0 saturated carbocycles. The maximum absolute atomic E-state index is 13.2. The van der Waals surface area contributed by atoms with E-state index in [2.05, 4.69) is 16.0 Å². The lowest BCUT2D eigenvalue weighted by Crippen LogP contribution is -2.57. The van der Waals surface area contributed by atoms with Gasteiger partial charge >= 0.3 is 6.18 Å². The summed E-state index contributed by atoms with van der Waals surface area (Å²) in [5.41, 5.74) is 0. The van der Waals surface area contributed by atoms with Crippen LogP contribution in [0.15, 0.2) is 0 Å². The molecular formula is C15H27F3N4O. The molecule has 134 valence electrons. The highest BCUT2D eigenvalue weighted by molar-refractivity contribution is 5.75. The third-order valence-electron chi connectivity index (χ3n) is 4.70. The molecular weight excluding hydrogens is 309 g/mol. The molecule has 0 aromatic rings. The van der Waals surface area contributed by atoms with Crippen molar-refractivity contribution in [3.63, 3.8) is 0 Å². The van der Waals surface area contributed by atoms with Crippen molar-refractivity contribution >= 4 is 5.91 Å². The first-order valence-corrected chi connectivity index (χ1v) is 8.45. The number of piperidine rings is 1. The van der Waals surface area contributed by atoms with Gasteiger partial charge in [-0.2, -0.15) is 13.2 Å². The van der Waals surface area contributed by atoms with E-state index in [0.717, 1.165) is 32.4 Å². The molecule has 3 N–H and O–H groups in total. The number of alkyl halides is 3. The fourth-order valence-electron chi connectivity index (χ4n) is 3.25. The predicted octanol–water partition coefficient (Wildman–Crippen LogP) is 0.719. The Morgan fingerprint density at radius 1 is 1.13 bits per heavy atom. The van der Waals surface area contributed by atoms with Crippen LogP contribution in [0.4, 0.5) is 13.2 Å². The first-order chi connectivity index (χ1) is 11.0. The Morgan fingerprint density at radius 2 is 1.74 bits per heavy atom. The van der Waals surface area contributed by atoms with Gasteiger partial charge in [0.1, 0.15) is 6.04 Å². The molecule has 0 bridgehead atoms. The smallest absolute Gasteiger partial charge is 0.354 e. The topological polar surface area (TPSA) is 56.4 Å². The zero-order chi connectivity index (χ0) is 16.7. The molecule has 0 aliphatic carbocycles. The molecule has 1 amide bonds. The minimum absolute atomic E-state index is 0.270. The Labute approximate surface area is 135 Å². The summed E-state index contributed by atoms with van der Waals surface area (Å²) in [5.74, 6) is 0.237. The summed E-state index contributed by atoms with van der Waals surface area (Å²) in [5, 5.41) is 8.79. The second-order valence-corrected chi connectivity index (χ2v) is 6.38. The molecule has 0 aromatic carbocycles. The lowest BCUT2D eigenvalue weighted by atomic mass is 9.93. The molecule has 2 rings (SSSR count). The summed E-state index contributed by atoms with van der Waals surface area (Å²) in [7, 11) is 0. The quantitative estimate of drug-likeness (QED) is 0.669. The molecule has 0 radical (unpaired) electrons. The first-order valence-electron chi connectivity index (χ1n) is 8.45. The molecule has 0 aromatic heterocycles. The van der Waals surface area contributed by atoms with Crippen molar-refractivity contribution in [3.8, 4) is 0 Å². The molecule has 2 aliphatic heterocycles. The van der Waals surface area contributed by atoms with Crippen molar-refractivity contribution < 1.29 is 18.0 Å². The van der Waals surface area contributed by atoms with Gasteiger partial charge in [0.15, 0.2) is 0 Å². The third-order valence-corrected chi connectivity index (χ3v) is 4.70. The molecule has 1 atom stereocenters. The van der Waals surface area contributed by atoms with E-state index in [4.69, 9.17) is 0 Å². The van der Waals surface area contributed by atoms with Crippen molar-refractivity contribution in [1.82, 2.24) is 20.9 Å². The van der Waals surface area contributed by atoms with Gasteiger partial charge in [0.25, 0.3) is 0 Å².